The highest BCUT2D eigenvalue weighted by molar-refractivity contribution is 5.86. The van der Waals surface area contributed by atoms with E-state index in [1.54, 1.807) is 26.2 Å². The summed E-state index contributed by atoms with van der Waals surface area (Å²) in [6, 6.07) is 11.8. The van der Waals surface area contributed by atoms with Crippen molar-refractivity contribution in [3.05, 3.63) is 70.2 Å². The minimum atomic E-state index is -0.447. The fourth-order valence-electron chi connectivity index (χ4n) is 2.56. The van der Waals surface area contributed by atoms with Crippen LogP contribution < -0.4 is 10.6 Å². The van der Waals surface area contributed by atoms with E-state index in [2.05, 4.69) is 25.8 Å². The number of benzene rings is 1. The monoisotopic (exact) mass is 410 g/mol. The molecule has 3 rings (SSSR count). The predicted octanol–water partition coefficient (Wildman–Crippen LogP) is 0.961. The predicted molar refractivity (Wildman–Crippen MR) is 111 cm³/mol. The van der Waals surface area contributed by atoms with Gasteiger partial charge in [-0.15, -0.1) is 10.2 Å². The summed E-state index contributed by atoms with van der Waals surface area (Å²) >= 11 is 0. The molecule has 1 aromatic carbocycles. The molecule has 11 nitrogen and oxygen atoms in total. The number of hydrogen-bond acceptors (Lipinski definition) is 6. The number of fused-ring (bicyclic) bond motifs is 1. The zero-order valence-corrected chi connectivity index (χ0v) is 16.6. The molecule has 2 N–H and O–H groups in total. The third kappa shape index (κ3) is 5.28. The molecule has 0 unspecified atom stereocenters. The Bertz CT molecular complexity index is 1060. The number of amides is 1. The van der Waals surface area contributed by atoms with Crippen LogP contribution in [0.4, 0.5) is 5.69 Å². The molecule has 156 valence electrons. The SMILES string of the molecule is CN(C)C(=O)CNC(=NCc1ccc([N+](=O)[O-])cc1)NCc1nnc2ccccn12. The first kappa shape index (κ1) is 20.7. The Morgan fingerprint density at radius 1 is 1.17 bits per heavy atom. The lowest BCUT2D eigenvalue weighted by atomic mass is 10.2. The average Bonchev–Trinajstić information content (AvgIpc) is 3.16. The maximum atomic E-state index is 11.9. The van der Waals surface area contributed by atoms with Crippen LogP contribution in [-0.2, 0) is 17.9 Å². The van der Waals surface area contributed by atoms with E-state index in [0.29, 0.717) is 18.3 Å². The van der Waals surface area contributed by atoms with Crippen LogP contribution in [0.25, 0.3) is 5.65 Å². The van der Waals surface area contributed by atoms with Crippen LogP contribution in [0.1, 0.15) is 11.4 Å². The molecule has 30 heavy (non-hydrogen) atoms. The van der Waals surface area contributed by atoms with Gasteiger partial charge in [-0.25, -0.2) is 4.99 Å². The van der Waals surface area contributed by atoms with Gasteiger partial charge in [0.05, 0.1) is 24.6 Å². The molecule has 0 saturated carbocycles. The number of carbonyl (C=O) groups is 1. The average molecular weight is 410 g/mol. The van der Waals surface area contributed by atoms with Gasteiger partial charge >= 0.3 is 0 Å². The molecular formula is C19H22N8O3. The van der Waals surface area contributed by atoms with Crippen molar-refractivity contribution in [3.8, 4) is 0 Å². The van der Waals surface area contributed by atoms with Crippen molar-refractivity contribution >= 4 is 23.2 Å². The van der Waals surface area contributed by atoms with E-state index in [1.807, 2.05) is 28.8 Å². The van der Waals surface area contributed by atoms with Gasteiger partial charge in [0.1, 0.15) is 0 Å². The van der Waals surface area contributed by atoms with E-state index in [1.165, 1.54) is 17.0 Å². The van der Waals surface area contributed by atoms with Crippen LogP contribution in [0.3, 0.4) is 0 Å². The third-order valence-electron chi connectivity index (χ3n) is 4.27. The van der Waals surface area contributed by atoms with Crippen molar-refractivity contribution in [1.29, 1.82) is 0 Å². The molecule has 0 aliphatic carbocycles. The maximum Gasteiger partial charge on any atom is 0.269 e. The summed E-state index contributed by atoms with van der Waals surface area (Å²) in [5.41, 5.74) is 1.55. The smallest absolute Gasteiger partial charge is 0.269 e. The van der Waals surface area contributed by atoms with Gasteiger partial charge < -0.3 is 15.5 Å². The van der Waals surface area contributed by atoms with Crippen molar-refractivity contribution in [1.82, 2.24) is 30.1 Å². The molecule has 0 aliphatic rings. The Morgan fingerprint density at radius 3 is 2.63 bits per heavy atom. The van der Waals surface area contributed by atoms with Gasteiger partial charge in [0.2, 0.25) is 5.91 Å². The summed E-state index contributed by atoms with van der Waals surface area (Å²) in [5.74, 6) is 0.998. The van der Waals surface area contributed by atoms with Gasteiger partial charge in [0.15, 0.2) is 17.4 Å². The van der Waals surface area contributed by atoms with Gasteiger partial charge in [-0.1, -0.05) is 18.2 Å². The molecule has 1 amide bonds. The zero-order chi connectivity index (χ0) is 21.5. The second-order valence-electron chi connectivity index (χ2n) is 6.63. The number of carbonyl (C=O) groups excluding carboxylic acids is 1. The second-order valence-corrected chi connectivity index (χ2v) is 6.63. The number of hydrogen-bond donors (Lipinski definition) is 2. The Kier molecular flexibility index (Phi) is 6.53. The van der Waals surface area contributed by atoms with Gasteiger partial charge in [-0.2, -0.15) is 0 Å². The second kappa shape index (κ2) is 9.45. The first-order valence-electron chi connectivity index (χ1n) is 9.18. The van der Waals surface area contributed by atoms with E-state index < -0.39 is 4.92 Å². The Hall–Kier alpha value is -4.02. The number of rotatable bonds is 7. The van der Waals surface area contributed by atoms with Crippen molar-refractivity contribution in [2.75, 3.05) is 20.6 Å². The highest BCUT2D eigenvalue weighted by atomic mass is 16.6. The van der Waals surface area contributed by atoms with Crippen molar-refractivity contribution in [2.45, 2.75) is 13.1 Å². The van der Waals surface area contributed by atoms with Gasteiger partial charge in [-0.3, -0.25) is 19.3 Å². The minimum Gasteiger partial charge on any atom is -0.349 e. The standard InChI is InChI=1S/C19H22N8O3/c1-25(2)18(28)13-22-19(20-11-14-6-8-15(9-7-14)27(29)30)21-12-17-24-23-16-5-3-4-10-26(16)17/h3-10H,11-13H2,1-2H3,(H2,20,21,22). The topological polar surface area (TPSA) is 130 Å². The number of likely N-dealkylation sites (N-methyl/N-ethyl adjacent to an activating group) is 1. The van der Waals surface area contributed by atoms with Gasteiger partial charge in [-0.05, 0) is 17.7 Å². The first-order valence-corrected chi connectivity index (χ1v) is 9.18. The molecule has 11 heteroatoms. The van der Waals surface area contributed by atoms with Crippen LogP contribution >= 0.6 is 0 Å². The molecule has 0 saturated heterocycles. The van der Waals surface area contributed by atoms with Gasteiger partial charge in [0, 0.05) is 32.4 Å². The summed E-state index contributed by atoms with van der Waals surface area (Å²) in [6.07, 6.45) is 1.86. The van der Waals surface area contributed by atoms with Crippen LogP contribution in [0.2, 0.25) is 0 Å². The van der Waals surface area contributed by atoms with E-state index >= 15 is 0 Å². The molecule has 3 aromatic rings. The molecule has 2 aromatic heterocycles. The molecule has 0 aliphatic heterocycles. The number of non-ortho nitro benzene ring substituents is 1. The summed E-state index contributed by atoms with van der Waals surface area (Å²) < 4.78 is 1.85. The van der Waals surface area contributed by atoms with Crippen LogP contribution in [-0.4, -0.2) is 56.9 Å². The molecule has 0 atom stereocenters. The fourth-order valence-corrected chi connectivity index (χ4v) is 2.56. The minimum absolute atomic E-state index is 0.0227. The number of nitrogens with zero attached hydrogens (tertiary/aromatic N) is 6. The quantitative estimate of drug-likeness (QED) is 0.257. The number of aromatic nitrogens is 3. The Balaban J connectivity index is 1.70. The summed E-state index contributed by atoms with van der Waals surface area (Å²) in [4.78, 5) is 28.2. The molecule has 2 heterocycles. The molecule has 0 spiro atoms. The normalized spacial score (nSPS) is 11.3. The number of nitro groups is 1. The van der Waals surface area contributed by atoms with Crippen LogP contribution in [0, 0.1) is 10.1 Å². The number of aliphatic imine (C=N–C) groups is 1. The molecular weight excluding hydrogens is 388 g/mol. The fraction of sp³-hybridized carbons (Fsp3) is 0.263. The number of guanidine groups is 1. The lowest BCUT2D eigenvalue weighted by molar-refractivity contribution is -0.384. The van der Waals surface area contributed by atoms with E-state index in [4.69, 9.17) is 0 Å². The zero-order valence-electron chi connectivity index (χ0n) is 16.6. The molecule has 0 fully saturated rings. The first-order chi connectivity index (χ1) is 14.4. The number of nitro benzene ring substituents is 1. The molecule has 0 radical (unpaired) electrons. The van der Waals surface area contributed by atoms with E-state index in [0.717, 1.165) is 11.2 Å². The van der Waals surface area contributed by atoms with Crippen LogP contribution in [0.15, 0.2) is 53.7 Å². The highest BCUT2D eigenvalue weighted by Gasteiger charge is 2.09. The Labute approximate surface area is 172 Å². The summed E-state index contributed by atoms with van der Waals surface area (Å²) in [5, 5.41) is 25.2. The lowest BCUT2D eigenvalue weighted by Crippen LogP contribution is -2.42. The maximum absolute atomic E-state index is 11.9. The van der Waals surface area contributed by atoms with Crippen LogP contribution in [0.5, 0.6) is 0 Å². The number of nitrogens with one attached hydrogen (secondary N) is 2. The van der Waals surface area contributed by atoms with Crippen molar-refractivity contribution in [3.63, 3.8) is 0 Å². The summed E-state index contributed by atoms with van der Waals surface area (Å²) in [7, 11) is 3.35. The molecule has 0 bridgehead atoms. The van der Waals surface area contributed by atoms with E-state index in [9.17, 15) is 14.9 Å². The van der Waals surface area contributed by atoms with Gasteiger partial charge in [0.25, 0.3) is 5.69 Å². The third-order valence-corrected chi connectivity index (χ3v) is 4.27. The van der Waals surface area contributed by atoms with Crippen molar-refractivity contribution in [2.24, 2.45) is 4.99 Å². The lowest BCUT2D eigenvalue weighted by Gasteiger charge is -2.14. The van der Waals surface area contributed by atoms with Crippen molar-refractivity contribution < 1.29 is 9.72 Å². The highest BCUT2D eigenvalue weighted by Crippen LogP contribution is 2.12. The number of pyridine rings is 1. The largest absolute Gasteiger partial charge is 0.349 e. The Morgan fingerprint density at radius 2 is 1.93 bits per heavy atom. The van der Waals surface area contributed by atoms with E-state index in [-0.39, 0.29) is 24.7 Å². The summed E-state index contributed by atoms with van der Waals surface area (Å²) in [6.45, 7) is 0.692.